The third-order valence-corrected chi connectivity index (χ3v) is 7.08. The molecule has 0 aromatic rings. The number of allylic oxidation sites excluding steroid dienone is 7. The van der Waals surface area contributed by atoms with Crippen LogP contribution in [0.2, 0.25) is 0 Å². The lowest BCUT2D eigenvalue weighted by Crippen LogP contribution is -2.41. The molecule has 1 N–H and O–H groups in total. The molecule has 4 nitrogen and oxygen atoms in total. The van der Waals surface area contributed by atoms with Gasteiger partial charge < -0.3 is 14.9 Å². The quantitative estimate of drug-likeness (QED) is 0.329. The van der Waals surface area contributed by atoms with E-state index < -0.39 is 0 Å². The Morgan fingerprint density at radius 3 is 2.57 bits per heavy atom. The van der Waals surface area contributed by atoms with Crippen molar-refractivity contribution in [1.29, 1.82) is 0 Å². The van der Waals surface area contributed by atoms with Gasteiger partial charge in [0.15, 0.2) is 0 Å². The summed E-state index contributed by atoms with van der Waals surface area (Å²) in [5.74, 6) is 1.49. The second-order valence-electron chi connectivity index (χ2n) is 9.38. The summed E-state index contributed by atoms with van der Waals surface area (Å²) in [4.78, 5) is 9.43. The summed E-state index contributed by atoms with van der Waals surface area (Å²) in [5, 5.41) is 10.5. The zero-order valence-electron chi connectivity index (χ0n) is 20.5. The number of aliphatic imine (C=N–C) groups is 1. The smallest absolute Gasteiger partial charge is 0.109 e. The lowest BCUT2D eigenvalue weighted by molar-refractivity contribution is 0.256. The topological polar surface area (TPSA) is 39.1 Å². The monoisotopic (exact) mass is 413 g/mol. The van der Waals surface area contributed by atoms with E-state index in [0.29, 0.717) is 11.8 Å². The minimum atomic E-state index is -0.00931. The Morgan fingerprint density at radius 1 is 1.30 bits per heavy atom. The average molecular weight is 414 g/mol. The highest BCUT2D eigenvalue weighted by atomic mass is 16.3. The molecule has 1 heterocycles. The lowest BCUT2D eigenvalue weighted by Gasteiger charge is -2.36. The fraction of sp³-hybridized carbons (Fsp3) is 0.654. The van der Waals surface area contributed by atoms with Crippen LogP contribution in [0.15, 0.2) is 51.4 Å². The van der Waals surface area contributed by atoms with Crippen molar-refractivity contribution in [2.75, 3.05) is 27.2 Å². The normalized spacial score (nSPS) is 25.6. The van der Waals surface area contributed by atoms with E-state index in [1.165, 1.54) is 16.7 Å². The van der Waals surface area contributed by atoms with Gasteiger partial charge in [-0.1, -0.05) is 50.1 Å². The molecule has 0 bridgehead atoms. The highest BCUT2D eigenvalue weighted by molar-refractivity contribution is 5.85. The molecule has 1 fully saturated rings. The van der Waals surface area contributed by atoms with Gasteiger partial charge in [0.2, 0.25) is 0 Å². The van der Waals surface area contributed by atoms with Gasteiger partial charge in [-0.2, -0.15) is 0 Å². The van der Waals surface area contributed by atoms with Crippen molar-refractivity contribution in [3.05, 3.63) is 46.4 Å². The average Bonchev–Trinajstić information content (AvgIpc) is 3.00. The highest BCUT2D eigenvalue weighted by Crippen LogP contribution is 2.40. The Bertz CT molecular complexity index is 767. The molecular weight excluding hydrogens is 370 g/mol. The van der Waals surface area contributed by atoms with Gasteiger partial charge in [0.05, 0.1) is 5.70 Å². The number of aliphatic hydroxyl groups is 1. The number of likely N-dealkylation sites (N-methyl/N-ethyl adjacent to an activating group) is 1. The van der Waals surface area contributed by atoms with Crippen LogP contribution in [0.3, 0.4) is 0 Å². The predicted octanol–water partition coefficient (Wildman–Crippen LogP) is 6.25. The van der Waals surface area contributed by atoms with Gasteiger partial charge in [0.1, 0.15) is 11.6 Å². The van der Waals surface area contributed by atoms with E-state index in [2.05, 4.69) is 69.7 Å². The minimum absolute atomic E-state index is 0.00931. The maximum absolute atomic E-state index is 10.5. The number of amidine groups is 1. The van der Waals surface area contributed by atoms with Crippen LogP contribution in [0.5, 0.6) is 0 Å². The summed E-state index contributed by atoms with van der Waals surface area (Å²) in [6.45, 7) is 15.0. The molecule has 30 heavy (non-hydrogen) atoms. The summed E-state index contributed by atoms with van der Waals surface area (Å²) < 4.78 is 0. The summed E-state index contributed by atoms with van der Waals surface area (Å²) >= 11 is 0. The van der Waals surface area contributed by atoms with Crippen LogP contribution in [0.25, 0.3) is 0 Å². The van der Waals surface area contributed by atoms with E-state index >= 15 is 0 Å². The first-order valence-electron chi connectivity index (χ1n) is 11.6. The van der Waals surface area contributed by atoms with E-state index in [9.17, 15) is 5.11 Å². The van der Waals surface area contributed by atoms with Crippen LogP contribution < -0.4 is 0 Å². The third kappa shape index (κ3) is 5.66. The highest BCUT2D eigenvalue weighted by Gasteiger charge is 2.33. The van der Waals surface area contributed by atoms with Crippen molar-refractivity contribution in [2.24, 2.45) is 10.4 Å². The van der Waals surface area contributed by atoms with Gasteiger partial charge in [-0.25, -0.2) is 0 Å². The molecule has 0 aromatic carbocycles. The van der Waals surface area contributed by atoms with Gasteiger partial charge in [0.25, 0.3) is 0 Å². The standard InChI is InChI=1S/C26H43N3O/c1-9-22-12-11-19(3)15-23(16-22)26(6,10-2)17-25(27-7)29-18-20(4)28(8)14-13-24(29)21(5)30/h12,15-16,20,30H,9-11,13-14,17-18H2,1-8H3/b24-21+,27-25?. The third-order valence-electron chi connectivity index (χ3n) is 7.08. The molecule has 2 unspecified atom stereocenters. The molecule has 2 aliphatic rings. The summed E-state index contributed by atoms with van der Waals surface area (Å²) in [6.07, 6.45) is 12.0. The molecular formula is C26H43N3O. The van der Waals surface area contributed by atoms with Crippen molar-refractivity contribution in [2.45, 2.75) is 79.7 Å². The van der Waals surface area contributed by atoms with Crippen molar-refractivity contribution < 1.29 is 5.11 Å². The van der Waals surface area contributed by atoms with E-state index in [0.717, 1.165) is 56.7 Å². The first kappa shape index (κ1) is 24.5. The number of hydrogen-bond donors (Lipinski definition) is 1. The van der Waals surface area contributed by atoms with Crippen LogP contribution in [0.4, 0.5) is 0 Å². The SMILES string of the molecule is CCC1=CCC(C)=CC(C(C)(CC)CC(=NC)N2CC(C)N(C)CC/C2=C(/C)O)=C1. The number of rotatable bonds is 5. The molecule has 0 aromatic heterocycles. The Kier molecular flexibility index (Phi) is 8.54. The second-order valence-corrected chi connectivity index (χ2v) is 9.38. The summed E-state index contributed by atoms with van der Waals surface area (Å²) in [6, 6.07) is 0.403. The Morgan fingerprint density at radius 2 is 2.00 bits per heavy atom. The van der Waals surface area contributed by atoms with E-state index in [1.54, 1.807) is 0 Å². The largest absolute Gasteiger partial charge is 0.511 e. The minimum Gasteiger partial charge on any atom is -0.511 e. The Balaban J connectivity index is 2.44. The van der Waals surface area contributed by atoms with Crippen LogP contribution in [-0.2, 0) is 0 Å². The molecule has 0 amide bonds. The zero-order chi connectivity index (χ0) is 22.5. The summed E-state index contributed by atoms with van der Waals surface area (Å²) in [5.41, 5.74) is 5.24. The van der Waals surface area contributed by atoms with Crippen LogP contribution >= 0.6 is 0 Å². The van der Waals surface area contributed by atoms with Crippen molar-refractivity contribution in [3.63, 3.8) is 0 Å². The molecule has 0 spiro atoms. The number of aliphatic hydroxyl groups excluding tert-OH is 1. The number of nitrogens with zero attached hydrogens (tertiary/aromatic N) is 3. The van der Waals surface area contributed by atoms with Gasteiger partial charge in [-0.3, -0.25) is 4.99 Å². The maximum Gasteiger partial charge on any atom is 0.109 e. The fourth-order valence-electron chi connectivity index (χ4n) is 4.38. The van der Waals surface area contributed by atoms with Gasteiger partial charge in [0, 0.05) is 39.0 Å². The molecule has 0 saturated carbocycles. The van der Waals surface area contributed by atoms with Crippen molar-refractivity contribution >= 4 is 5.84 Å². The molecule has 1 aliphatic carbocycles. The van der Waals surface area contributed by atoms with Gasteiger partial charge in [-0.15, -0.1) is 0 Å². The summed E-state index contributed by atoms with van der Waals surface area (Å²) in [7, 11) is 4.06. The molecule has 0 radical (unpaired) electrons. The first-order chi connectivity index (χ1) is 14.1. The Hall–Kier alpha value is -1.81. The van der Waals surface area contributed by atoms with E-state index in [-0.39, 0.29) is 5.41 Å². The van der Waals surface area contributed by atoms with Crippen molar-refractivity contribution in [1.82, 2.24) is 9.80 Å². The molecule has 168 valence electrons. The maximum atomic E-state index is 10.5. The van der Waals surface area contributed by atoms with E-state index in [1.807, 2.05) is 14.0 Å². The molecule has 2 rings (SSSR count). The predicted molar refractivity (Wildman–Crippen MR) is 130 cm³/mol. The Labute approximate surface area is 184 Å². The molecule has 4 heteroatoms. The van der Waals surface area contributed by atoms with E-state index in [4.69, 9.17) is 4.99 Å². The molecule has 1 saturated heterocycles. The fourth-order valence-corrected chi connectivity index (χ4v) is 4.38. The molecule has 1 aliphatic heterocycles. The first-order valence-corrected chi connectivity index (χ1v) is 11.6. The van der Waals surface area contributed by atoms with Gasteiger partial charge >= 0.3 is 0 Å². The van der Waals surface area contributed by atoms with Crippen LogP contribution in [0.1, 0.15) is 73.6 Å². The van der Waals surface area contributed by atoms with Crippen LogP contribution in [0, 0.1) is 5.41 Å². The number of hydrogen-bond acceptors (Lipinski definition) is 3. The molecule has 2 atom stereocenters. The lowest BCUT2D eigenvalue weighted by atomic mass is 9.75. The van der Waals surface area contributed by atoms with Crippen LogP contribution in [-0.4, -0.2) is 54.0 Å². The zero-order valence-corrected chi connectivity index (χ0v) is 20.5. The van der Waals surface area contributed by atoms with Crippen molar-refractivity contribution in [3.8, 4) is 0 Å². The van der Waals surface area contributed by atoms with Gasteiger partial charge in [-0.05, 0) is 58.1 Å². The second kappa shape index (κ2) is 10.5.